The predicted molar refractivity (Wildman–Crippen MR) is 138 cm³/mol. The number of nitrogens with one attached hydrogen (secondary N) is 2. The molecule has 1 amide bonds. The van der Waals surface area contributed by atoms with Gasteiger partial charge in [0, 0.05) is 19.1 Å². The average molecular weight is 452 g/mol. The van der Waals surface area contributed by atoms with E-state index in [2.05, 4.69) is 51.9 Å². The summed E-state index contributed by atoms with van der Waals surface area (Å²) in [5.74, 6) is 1.58. The Hall–Kier alpha value is -3.35. The number of anilines is 1. The average Bonchev–Trinajstić information content (AvgIpc) is 3.17. The molecule has 0 radical (unpaired) electrons. The van der Waals surface area contributed by atoms with Crippen LogP contribution in [-0.2, 0) is 11.2 Å². The second-order valence-corrected chi connectivity index (χ2v) is 7.74. The molecule has 7 nitrogen and oxygen atoms in total. The first kappa shape index (κ1) is 24.3. The van der Waals surface area contributed by atoms with Crippen LogP contribution >= 0.6 is 0 Å². The topological polar surface area (TPSA) is 78.3 Å². The van der Waals surface area contributed by atoms with E-state index in [4.69, 9.17) is 9.73 Å². The van der Waals surface area contributed by atoms with Crippen molar-refractivity contribution in [3.05, 3.63) is 59.2 Å². The maximum Gasteiger partial charge on any atom is 0.222 e. The van der Waals surface area contributed by atoms with Crippen LogP contribution in [0.3, 0.4) is 0 Å². The number of ether oxygens (including phenoxy) is 1. The molecule has 0 bridgehead atoms. The number of hydrogen-bond acceptors (Lipinski definition) is 6. The number of carbonyl (C=O) groups is 1. The standard InChI is InChI=1S/C24H29N5O2.C2H6.H2/c1-5-16-7-9-17(10-8-16)23-19-13-18(31-4)11-12-21(19)29-15(3)27-28-24(29)20(26-23)14-22(30)25-6-2;1-2;/h7-13,20,24,28H,5-6,14H2,1-4H3,(H,25,30);1-2H3;1H/t20-,24?;;/m0../s1. The second-order valence-electron chi connectivity index (χ2n) is 7.74. The lowest BCUT2D eigenvalue weighted by Crippen LogP contribution is -2.48. The fraction of sp³-hybridized carbons (Fsp3) is 0.423. The van der Waals surface area contributed by atoms with E-state index >= 15 is 0 Å². The van der Waals surface area contributed by atoms with Crippen LogP contribution in [0, 0.1) is 0 Å². The molecule has 2 heterocycles. The number of hydrazone groups is 1. The van der Waals surface area contributed by atoms with Crippen LogP contribution in [0.15, 0.2) is 52.6 Å². The fourth-order valence-corrected chi connectivity index (χ4v) is 4.15. The van der Waals surface area contributed by atoms with Gasteiger partial charge >= 0.3 is 0 Å². The molecule has 0 aromatic heterocycles. The third-order valence-electron chi connectivity index (χ3n) is 5.77. The van der Waals surface area contributed by atoms with Crippen molar-refractivity contribution in [1.29, 1.82) is 0 Å². The van der Waals surface area contributed by atoms with Gasteiger partial charge in [-0.1, -0.05) is 45.0 Å². The fourth-order valence-electron chi connectivity index (χ4n) is 4.15. The molecule has 2 aromatic rings. The summed E-state index contributed by atoms with van der Waals surface area (Å²) >= 11 is 0. The van der Waals surface area contributed by atoms with Crippen molar-refractivity contribution in [2.45, 2.75) is 59.7 Å². The van der Waals surface area contributed by atoms with E-state index < -0.39 is 0 Å². The zero-order valence-corrected chi connectivity index (χ0v) is 20.5. The number of amides is 1. The molecule has 2 atom stereocenters. The van der Waals surface area contributed by atoms with Crippen LogP contribution in [0.1, 0.15) is 59.2 Å². The molecule has 0 saturated carbocycles. The Labute approximate surface area is 198 Å². The van der Waals surface area contributed by atoms with Gasteiger partial charge in [-0.2, -0.15) is 5.10 Å². The molecule has 178 valence electrons. The normalized spacial score (nSPS) is 18.4. The second kappa shape index (κ2) is 11.0. The van der Waals surface area contributed by atoms with Gasteiger partial charge in [0.2, 0.25) is 5.91 Å². The largest absolute Gasteiger partial charge is 0.497 e. The van der Waals surface area contributed by atoms with Crippen molar-refractivity contribution in [1.82, 2.24) is 10.7 Å². The number of aliphatic imine (C=N–C) groups is 1. The minimum atomic E-state index is -0.313. The van der Waals surface area contributed by atoms with E-state index in [-0.39, 0.29) is 26.0 Å². The maximum atomic E-state index is 12.5. The number of rotatable bonds is 6. The van der Waals surface area contributed by atoms with Crippen molar-refractivity contribution in [3.63, 3.8) is 0 Å². The SMILES string of the molecule is CC.CCNC(=O)C[C@@H]1N=C(c2ccc(CC)cc2)c2cc(OC)ccc2N2C(C)=NNC12.[HH]. The van der Waals surface area contributed by atoms with Gasteiger partial charge in [0.15, 0.2) is 0 Å². The highest BCUT2D eigenvalue weighted by molar-refractivity contribution is 6.18. The Bertz CT molecular complexity index is 1040. The molecule has 2 aliphatic rings. The van der Waals surface area contributed by atoms with Crippen molar-refractivity contribution in [2.75, 3.05) is 18.6 Å². The van der Waals surface area contributed by atoms with E-state index in [9.17, 15) is 4.79 Å². The molecular weight excluding hydrogens is 414 g/mol. The molecule has 2 aliphatic heterocycles. The molecular formula is C26H37N5O2. The lowest BCUT2D eigenvalue weighted by molar-refractivity contribution is -0.121. The van der Waals surface area contributed by atoms with E-state index in [1.54, 1.807) is 7.11 Å². The molecule has 7 heteroatoms. The van der Waals surface area contributed by atoms with Gasteiger partial charge in [0.1, 0.15) is 17.8 Å². The number of carbonyl (C=O) groups excluding carboxylic acids is 1. The van der Waals surface area contributed by atoms with Crippen LogP contribution in [0.5, 0.6) is 5.75 Å². The summed E-state index contributed by atoms with van der Waals surface area (Å²) in [5.41, 5.74) is 8.30. The van der Waals surface area contributed by atoms with Gasteiger partial charge in [-0.15, -0.1) is 0 Å². The Morgan fingerprint density at radius 1 is 1.18 bits per heavy atom. The molecule has 0 fully saturated rings. The summed E-state index contributed by atoms with van der Waals surface area (Å²) in [6.45, 7) is 10.6. The van der Waals surface area contributed by atoms with Crippen LogP contribution < -0.4 is 20.4 Å². The van der Waals surface area contributed by atoms with E-state index in [1.165, 1.54) is 5.56 Å². The monoisotopic (exact) mass is 451 g/mol. The van der Waals surface area contributed by atoms with E-state index in [1.807, 2.05) is 45.9 Å². The van der Waals surface area contributed by atoms with Crippen LogP contribution in [0.2, 0.25) is 0 Å². The molecule has 2 N–H and O–H groups in total. The summed E-state index contributed by atoms with van der Waals surface area (Å²) in [5, 5.41) is 7.35. The van der Waals surface area contributed by atoms with Gasteiger partial charge in [-0.05, 0) is 44.0 Å². The highest BCUT2D eigenvalue weighted by atomic mass is 16.5. The molecule has 0 saturated heterocycles. The zero-order chi connectivity index (χ0) is 24.0. The van der Waals surface area contributed by atoms with Gasteiger partial charge in [-0.3, -0.25) is 15.2 Å². The third-order valence-corrected chi connectivity index (χ3v) is 5.77. The van der Waals surface area contributed by atoms with Gasteiger partial charge < -0.3 is 15.0 Å². The minimum absolute atomic E-state index is 0. The van der Waals surface area contributed by atoms with Gasteiger partial charge in [0.25, 0.3) is 0 Å². The summed E-state index contributed by atoms with van der Waals surface area (Å²) in [4.78, 5) is 19.8. The summed E-state index contributed by atoms with van der Waals surface area (Å²) < 4.78 is 5.52. The number of fused-ring (bicyclic) bond motifs is 3. The van der Waals surface area contributed by atoms with Crippen molar-refractivity contribution >= 4 is 23.1 Å². The van der Waals surface area contributed by atoms with Crippen molar-refractivity contribution < 1.29 is 11.0 Å². The van der Waals surface area contributed by atoms with E-state index in [0.717, 1.165) is 40.5 Å². The number of nitrogens with zero attached hydrogens (tertiary/aromatic N) is 3. The molecule has 33 heavy (non-hydrogen) atoms. The number of hydrogen-bond donors (Lipinski definition) is 2. The van der Waals surface area contributed by atoms with Crippen LogP contribution in [-0.4, -0.2) is 43.3 Å². The third kappa shape index (κ3) is 5.02. The Morgan fingerprint density at radius 2 is 1.91 bits per heavy atom. The predicted octanol–water partition coefficient (Wildman–Crippen LogP) is 4.34. The van der Waals surface area contributed by atoms with Crippen LogP contribution in [0.25, 0.3) is 0 Å². The first-order valence-electron chi connectivity index (χ1n) is 11.8. The van der Waals surface area contributed by atoms with Crippen LogP contribution in [0.4, 0.5) is 5.69 Å². The van der Waals surface area contributed by atoms with Gasteiger partial charge in [0.05, 0.1) is 31.0 Å². The van der Waals surface area contributed by atoms with E-state index in [0.29, 0.717) is 6.54 Å². The maximum absolute atomic E-state index is 12.5. The highest BCUT2D eigenvalue weighted by Crippen LogP contribution is 2.35. The zero-order valence-electron chi connectivity index (χ0n) is 20.5. The number of amidine groups is 1. The summed E-state index contributed by atoms with van der Waals surface area (Å²) in [7, 11) is 1.66. The lowest BCUT2D eigenvalue weighted by Gasteiger charge is -2.29. The summed E-state index contributed by atoms with van der Waals surface area (Å²) in [6, 6.07) is 14.2. The Balaban J connectivity index is 0.00000133. The lowest BCUT2D eigenvalue weighted by atomic mass is 9.98. The molecule has 1 unspecified atom stereocenters. The minimum Gasteiger partial charge on any atom is -0.497 e. The number of methoxy groups -OCH3 is 1. The van der Waals surface area contributed by atoms with Crippen molar-refractivity contribution in [3.8, 4) is 5.75 Å². The smallest absolute Gasteiger partial charge is 0.222 e. The molecule has 0 spiro atoms. The first-order chi connectivity index (χ1) is 16.0. The molecule has 2 aromatic carbocycles. The number of aryl methyl sites for hydroxylation is 1. The molecule has 0 aliphatic carbocycles. The molecule has 4 rings (SSSR count). The van der Waals surface area contributed by atoms with Gasteiger partial charge in [-0.25, -0.2) is 0 Å². The quantitative estimate of drug-likeness (QED) is 0.685. The number of benzene rings is 2. The summed E-state index contributed by atoms with van der Waals surface area (Å²) in [6.07, 6.45) is 1.01. The first-order valence-corrected chi connectivity index (χ1v) is 11.8. The Morgan fingerprint density at radius 3 is 2.55 bits per heavy atom. The highest BCUT2D eigenvalue weighted by Gasteiger charge is 2.39. The van der Waals surface area contributed by atoms with Crippen molar-refractivity contribution in [2.24, 2.45) is 10.1 Å². The Kier molecular flexibility index (Phi) is 8.09.